The van der Waals surface area contributed by atoms with Crippen LogP contribution in [-0.2, 0) is 11.3 Å². The lowest BCUT2D eigenvalue weighted by Crippen LogP contribution is -2.38. The topological polar surface area (TPSA) is 47.7 Å². The van der Waals surface area contributed by atoms with Crippen LogP contribution in [0.1, 0.15) is 24.3 Å². The van der Waals surface area contributed by atoms with Crippen LogP contribution in [0.4, 0.5) is 0 Å². The van der Waals surface area contributed by atoms with Gasteiger partial charge < -0.3 is 13.9 Å². The Morgan fingerprint density at radius 2 is 1.93 bits per heavy atom. The average molecular weight is 378 g/mol. The quantitative estimate of drug-likeness (QED) is 0.600. The molecule has 5 nitrogen and oxygen atoms in total. The van der Waals surface area contributed by atoms with Crippen molar-refractivity contribution in [1.82, 2.24) is 9.88 Å². The molecule has 1 aromatic heterocycles. The molecule has 0 aliphatic carbocycles. The Kier molecular flexibility index (Phi) is 5.74. The predicted octanol–water partition coefficient (Wildman–Crippen LogP) is 5.05. The summed E-state index contributed by atoms with van der Waals surface area (Å²) in [6.45, 7) is 4.78. The fourth-order valence-electron chi connectivity index (χ4n) is 3.58. The summed E-state index contributed by atoms with van der Waals surface area (Å²) >= 11 is 0. The summed E-state index contributed by atoms with van der Waals surface area (Å²) in [5, 5.41) is 0. The highest BCUT2D eigenvalue weighted by Crippen LogP contribution is 2.28. The van der Waals surface area contributed by atoms with E-state index in [1.165, 1.54) is 0 Å². The van der Waals surface area contributed by atoms with Gasteiger partial charge in [-0.1, -0.05) is 24.3 Å². The van der Waals surface area contributed by atoms with E-state index in [1.807, 2.05) is 61.5 Å². The van der Waals surface area contributed by atoms with Crippen molar-refractivity contribution in [1.29, 1.82) is 0 Å². The molecule has 1 atom stereocenters. The van der Waals surface area contributed by atoms with Crippen molar-refractivity contribution in [3.8, 4) is 23.0 Å². The van der Waals surface area contributed by atoms with E-state index in [0.29, 0.717) is 12.0 Å². The van der Waals surface area contributed by atoms with Gasteiger partial charge in [-0.05, 0) is 56.6 Å². The number of oxazole rings is 1. The number of methoxy groups -OCH3 is 1. The van der Waals surface area contributed by atoms with Gasteiger partial charge in [0, 0.05) is 25.8 Å². The third-order valence-corrected chi connectivity index (χ3v) is 5.12. The van der Waals surface area contributed by atoms with Crippen LogP contribution in [-0.4, -0.2) is 36.2 Å². The molecule has 2 heterocycles. The van der Waals surface area contributed by atoms with Gasteiger partial charge in [-0.3, -0.25) is 4.90 Å². The largest absolute Gasteiger partial charge is 0.457 e. The number of hydrogen-bond acceptors (Lipinski definition) is 5. The highest BCUT2D eigenvalue weighted by molar-refractivity contribution is 5.57. The summed E-state index contributed by atoms with van der Waals surface area (Å²) in [5.41, 5.74) is 1.90. The second kappa shape index (κ2) is 8.59. The zero-order chi connectivity index (χ0) is 19.3. The summed E-state index contributed by atoms with van der Waals surface area (Å²) in [5.74, 6) is 3.07. The van der Waals surface area contributed by atoms with Crippen LogP contribution < -0.4 is 4.74 Å². The Balaban J connectivity index is 1.49. The number of para-hydroxylation sites is 1. The highest BCUT2D eigenvalue weighted by Gasteiger charge is 2.22. The number of hydrogen-bond donors (Lipinski definition) is 0. The molecule has 0 unspecified atom stereocenters. The van der Waals surface area contributed by atoms with Gasteiger partial charge in [0.25, 0.3) is 0 Å². The van der Waals surface area contributed by atoms with E-state index in [-0.39, 0.29) is 0 Å². The monoisotopic (exact) mass is 378 g/mol. The minimum atomic E-state index is 0.312. The predicted molar refractivity (Wildman–Crippen MR) is 109 cm³/mol. The lowest BCUT2D eigenvalue weighted by Gasteiger charge is -2.31. The number of aryl methyl sites for hydroxylation is 1. The molecular formula is C23H26N2O3. The Morgan fingerprint density at radius 1 is 1.11 bits per heavy atom. The first-order chi connectivity index (χ1) is 13.7. The number of ether oxygens (including phenoxy) is 2. The van der Waals surface area contributed by atoms with Crippen LogP contribution in [0.3, 0.4) is 0 Å². The molecular weight excluding hydrogens is 352 g/mol. The maximum absolute atomic E-state index is 5.98. The maximum Gasteiger partial charge on any atom is 0.226 e. The first-order valence-electron chi connectivity index (χ1n) is 9.76. The van der Waals surface area contributed by atoms with Crippen molar-refractivity contribution in [2.75, 3.05) is 20.2 Å². The van der Waals surface area contributed by atoms with Crippen molar-refractivity contribution < 1.29 is 13.9 Å². The molecule has 0 spiro atoms. The van der Waals surface area contributed by atoms with Crippen molar-refractivity contribution in [3.05, 3.63) is 66.1 Å². The summed E-state index contributed by atoms with van der Waals surface area (Å²) in [7, 11) is 1.79. The van der Waals surface area contributed by atoms with Crippen LogP contribution in [0.15, 0.2) is 59.0 Å². The summed E-state index contributed by atoms with van der Waals surface area (Å²) in [4.78, 5) is 7.16. The fraction of sp³-hybridized carbons (Fsp3) is 0.348. The number of benzene rings is 2. The number of likely N-dealkylation sites (tertiary alicyclic amines) is 1. The summed E-state index contributed by atoms with van der Waals surface area (Å²) in [6, 6.07) is 17.6. The van der Waals surface area contributed by atoms with Gasteiger partial charge in [0.2, 0.25) is 5.89 Å². The summed E-state index contributed by atoms with van der Waals surface area (Å²) in [6.07, 6.45) is 2.60. The molecule has 28 heavy (non-hydrogen) atoms. The van der Waals surface area contributed by atoms with Gasteiger partial charge >= 0.3 is 0 Å². The molecule has 1 saturated heterocycles. The third kappa shape index (κ3) is 4.43. The fourth-order valence-corrected chi connectivity index (χ4v) is 3.58. The third-order valence-electron chi connectivity index (χ3n) is 5.12. The molecule has 146 valence electrons. The van der Waals surface area contributed by atoms with Gasteiger partial charge in [-0.25, -0.2) is 4.98 Å². The van der Waals surface area contributed by atoms with E-state index in [1.54, 1.807) is 7.11 Å². The lowest BCUT2D eigenvalue weighted by atomic mass is 10.1. The zero-order valence-corrected chi connectivity index (χ0v) is 16.4. The number of aromatic nitrogens is 1. The molecule has 0 saturated carbocycles. The normalized spacial score (nSPS) is 17.6. The maximum atomic E-state index is 5.98. The van der Waals surface area contributed by atoms with Crippen LogP contribution in [0, 0.1) is 6.92 Å². The molecule has 1 aliphatic heterocycles. The van der Waals surface area contributed by atoms with Crippen molar-refractivity contribution in [3.63, 3.8) is 0 Å². The van der Waals surface area contributed by atoms with Crippen molar-refractivity contribution >= 4 is 0 Å². The second-order valence-corrected chi connectivity index (χ2v) is 7.20. The smallest absolute Gasteiger partial charge is 0.226 e. The lowest BCUT2D eigenvalue weighted by molar-refractivity contribution is 0.0280. The summed E-state index contributed by atoms with van der Waals surface area (Å²) < 4.78 is 17.4. The van der Waals surface area contributed by atoms with Gasteiger partial charge in [0.1, 0.15) is 17.3 Å². The molecule has 0 amide bonds. The van der Waals surface area contributed by atoms with E-state index >= 15 is 0 Å². The Morgan fingerprint density at radius 3 is 2.75 bits per heavy atom. The van der Waals surface area contributed by atoms with E-state index in [9.17, 15) is 0 Å². The minimum absolute atomic E-state index is 0.312. The van der Waals surface area contributed by atoms with Gasteiger partial charge in [-0.2, -0.15) is 0 Å². The first-order valence-corrected chi connectivity index (χ1v) is 9.76. The molecule has 4 rings (SSSR count). The Hall–Kier alpha value is -2.63. The first kappa shape index (κ1) is 18.7. The van der Waals surface area contributed by atoms with E-state index < -0.39 is 0 Å². The van der Waals surface area contributed by atoms with Crippen molar-refractivity contribution in [2.45, 2.75) is 32.4 Å². The number of rotatable bonds is 6. The molecule has 5 heteroatoms. The van der Waals surface area contributed by atoms with Gasteiger partial charge in [-0.15, -0.1) is 0 Å². The molecule has 1 aliphatic rings. The molecule has 0 bridgehead atoms. The second-order valence-electron chi connectivity index (χ2n) is 7.20. The number of piperidine rings is 1. The van der Waals surface area contributed by atoms with E-state index in [0.717, 1.165) is 61.0 Å². The zero-order valence-electron chi connectivity index (χ0n) is 16.4. The number of nitrogens with zero attached hydrogens (tertiary/aromatic N) is 2. The Labute approximate surface area is 165 Å². The average Bonchev–Trinajstić information content (AvgIpc) is 3.09. The van der Waals surface area contributed by atoms with E-state index in [4.69, 9.17) is 18.9 Å². The van der Waals surface area contributed by atoms with Crippen molar-refractivity contribution in [2.24, 2.45) is 0 Å². The SMILES string of the molecule is CO[C@@H]1CCCN(Cc2nc(-c3cccc(Oc4ccccc4)c3)oc2C)C1. The van der Waals surface area contributed by atoms with Crippen LogP contribution in [0.5, 0.6) is 11.5 Å². The molecule has 3 aromatic rings. The van der Waals surface area contributed by atoms with Gasteiger partial charge in [0.05, 0.1) is 11.8 Å². The van der Waals surface area contributed by atoms with Gasteiger partial charge in [0.15, 0.2) is 0 Å². The van der Waals surface area contributed by atoms with Crippen LogP contribution in [0.2, 0.25) is 0 Å². The molecule has 1 fully saturated rings. The van der Waals surface area contributed by atoms with Crippen LogP contribution in [0.25, 0.3) is 11.5 Å². The standard InChI is InChI=1S/C23H26N2O3/c1-17-22(16-25-13-7-12-21(15-25)26-2)24-23(27-17)18-8-6-11-20(14-18)28-19-9-4-3-5-10-19/h3-6,8-11,14,21H,7,12-13,15-16H2,1-2H3/t21-/m1/s1. The molecule has 0 N–H and O–H groups in total. The Bertz CT molecular complexity index is 907. The van der Waals surface area contributed by atoms with Crippen LogP contribution >= 0.6 is 0 Å². The molecule has 0 radical (unpaired) electrons. The highest BCUT2D eigenvalue weighted by atomic mass is 16.5. The minimum Gasteiger partial charge on any atom is -0.457 e. The van der Waals surface area contributed by atoms with E-state index in [2.05, 4.69) is 4.90 Å². The molecule has 2 aromatic carbocycles.